The van der Waals surface area contributed by atoms with Crippen molar-refractivity contribution in [2.75, 3.05) is 43.4 Å². The molecule has 1 aromatic heterocycles. The minimum absolute atomic E-state index is 0.0781. The van der Waals surface area contributed by atoms with Crippen molar-refractivity contribution < 1.29 is 14.3 Å². The normalized spacial score (nSPS) is 18.9. The van der Waals surface area contributed by atoms with Gasteiger partial charge < -0.3 is 20.3 Å². The molecule has 3 heterocycles. The van der Waals surface area contributed by atoms with Crippen molar-refractivity contribution >= 4 is 23.3 Å². The molecule has 2 aliphatic rings. The third-order valence-electron chi connectivity index (χ3n) is 5.57. The van der Waals surface area contributed by atoms with E-state index in [0.717, 1.165) is 55.5 Å². The van der Waals surface area contributed by atoms with E-state index >= 15 is 0 Å². The van der Waals surface area contributed by atoms with E-state index in [1.54, 1.807) is 19.3 Å². The second-order valence-electron chi connectivity index (χ2n) is 7.58. The Morgan fingerprint density at radius 3 is 2.70 bits per heavy atom. The summed E-state index contributed by atoms with van der Waals surface area (Å²) < 4.78 is 5.77. The highest BCUT2D eigenvalue weighted by Crippen LogP contribution is 2.31. The lowest BCUT2D eigenvalue weighted by Gasteiger charge is -2.35. The van der Waals surface area contributed by atoms with E-state index in [-0.39, 0.29) is 11.8 Å². The number of nitrogens with zero attached hydrogens (tertiary/aromatic N) is 3. The average molecular weight is 409 g/mol. The van der Waals surface area contributed by atoms with Gasteiger partial charge in [0.25, 0.3) is 11.8 Å². The Labute approximate surface area is 176 Å². The number of benzene rings is 1. The number of piperazine rings is 1. The fourth-order valence-electron chi connectivity index (χ4n) is 3.81. The number of rotatable bonds is 5. The summed E-state index contributed by atoms with van der Waals surface area (Å²) in [6, 6.07) is 9.72. The molecule has 8 nitrogen and oxygen atoms in total. The van der Waals surface area contributed by atoms with Crippen LogP contribution in [-0.4, -0.2) is 61.0 Å². The van der Waals surface area contributed by atoms with Crippen LogP contribution >= 0.6 is 0 Å². The third-order valence-corrected chi connectivity index (χ3v) is 5.57. The minimum atomic E-state index is -0.407. The van der Waals surface area contributed by atoms with E-state index in [9.17, 15) is 9.59 Å². The number of hydrogen-bond donors (Lipinski definition) is 2. The summed E-state index contributed by atoms with van der Waals surface area (Å²) >= 11 is 0. The molecule has 0 bridgehead atoms. The molecule has 2 amide bonds. The predicted molar refractivity (Wildman–Crippen MR) is 115 cm³/mol. The molecular formula is C22H27N5O3. The fraction of sp³-hybridized carbons (Fsp3) is 0.409. The summed E-state index contributed by atoms with van der Waals surface area (Å²) in [5.74, 6) is 1.42. The van der Waals surface area contributed by atoms with Gasteiger partial charge in [-0.2, -0.15) is 0 Å². The van der Waals surface area contributed by atoms with Gasteiger partial charge in [-0.1, -0.05) is 13.0 Å². The van der Waals surface area contributed by atoms with Crippen LogP contribution < -0.4 is 20.3 Å². The Kier molecular flexibility index (Phi) is 5.85. The Morgan fingerprint density at radius 2 is 2.03 bits per heavy atom. The molecule has 2 N–H and O–H groups in total. The zero-order chi connectivity index (χ0) is 21.1. The average Bonchev–Trinajstić information content (AvgIpc) is 2.78. The van der Waals surface area contributed by atoms with E-state index < -0.39 is 6.10 Å². The molecule has 4 rings (SSSR count). The standard InChI is InChI=1S/C22H27N5O3/c1-3-18-22(29)25-17-12-15(4-6-19(17)30-18)14-26-8-10-27(11-9-26)20-7-5-16(13-24-20)21(28)23-2/h4-7,12-13,18H,3,8-11,14H2,1-2H3,(H,23,28)(H,25,29). The first-order valence-electron chi connectivity index (χ1n) is 10.3. The van der Waals surface area contributed by atoms with Gasteiger partial charge in [0.1, 0.15) is 11.6 Å². The van der Waals surface area contributed by atoms with Crippen molar-refractivity contribution in [3.05, 3.63) is 47.7 Å². The second-order valence-corrected chi connectivity index (χ2v) is 7.58. The third kappa shape index (κ3) is 4.23. The number of nitrogens with one attached hydrogen (secondary N) is 2. The van der Waals surface area contributed by atoms with Gasteiger partial charge in [-0.15, -0.1) is 0 Å². The van der Waals surface area contributed by atoms with E-state index in [1.165, 1.54) is 0 Å². The molecule has 0 radical (unpaired) electrons. The molecule has 1 saturated heterocycles. The molecule has 1 atom stereocenters. The smallest absolute Gasteiger partial charge is 0.265 e. The van der Waals surface area contributed by atoms with Crippen molar-refractivity contribution in [2.45, 2.75) is 26.0 Å². The lowest BCUT2D eigenvalue weighted by molar-refractivity contribution is -0.123. The lowest BCUT2D eigenvalue weighted by Crippen LogP contribution is -2.46. The molecule has 0 aliphatic carbocycles. The van der Waals surface area contributed by atoms with Crippen LogP contribution in [0.4, 0.5) is 11.5 Å². The number of ether oxygens (including phenoxy) is 1. The van der Waals surface area contributed by atoms with Crippen LogP contribution in [0, 0.1) is 0 Å². The van der Waals surface area contributed by atoms with Gasteiger partial charge in [0.05, 0.1) is 11.3 Å². The Bertz CT molecular complexity index is 923. The Balaban J connectivity index is 1.34. The monoisotopic (exact) mass is 409 g/mol. The Morgan fingerprint density at radius 1 is 1.23 bits per heavy atom. The van der Waals surface area contributed by atoms with Crippen molar-refractivity contribution in [1.29, 1.82) is 0 Å². The number of aromatic nitrogens is 1. The van der Waals surface area contributed by atoms with Crippen molar-refractivity contribution in [3.8, 4) is 5.75 Å². The zero-order valence-electron chi connectivity index (χ0n) is 17.4. The number of carbonyl (C=O) groups excluding carboxylic acids is 2. The summed E-state index contributed by atoms with van der Waals surface area (Å²) in [5.41, 5.74) is 2.46. The predicted octanol–water partition coefficient (Wildman–Crippen LogP) is 1.87. The van der Waals surface area contributed by atoms with Gasteiger partial charge in [-0.25, -0.2) is 4.98 Å². The molecule has 1 unspecified atom stereocenters. The summed E-state index contributed by atoms with van der Waals surface area (Å²) in [7, 11) is 1.61. The number of pyridine rings is 1. The molecular weight excluding hydrogens is 382 g/mol. The maximum Gasteiger partial charge on any atom is 0.265 e. The Hall–Kier alpha value is -3.13. The molecule has 1 aromatic carbocycles. The highest BCUT2D eigenvalue weighted by atomic mass is 16.5. The van der Waals surface area contributed by atoms with Gasteiger partial charge >= 0.3 is 0 Å². The maximum absolute atomic E-state index is 12.1. The number of fused-ring (bicyclic) bond motifs is 1. The number of carbonyl (C=O) groups is 2. The largest absolute Gasteiger partial charge is 0.478 e. The molecule has 2 aliphatic heterocycles. The first-order chi connectivity index (χ1) is 14.6. The van der Waals surface area contributed by atoms with Crippen LogP contribution in [0.15, 0.2) is 36.5 Å². The molecule has 30 heavy (non-hydrogen) atoms. The first kappa shape index (κ1) is 20.2. The zero-order valence-corrected chi connectivity index (χ0v) is 17.4. The molecule has 8 heteroatoms. The van der Waals surface area contributed by atoms with E-state index in [2.05, 4.69) is 31.5 Å². The van der Waals surface area contributed by atoms with E-state index in [4.69, 9.17) is 4.74 Å². The van der Waals surface area contributed by atoms with E-state index in [0.29, 0.717) is 12.0 Å². The summed E-state index contributed by atoms with van der Waals surface area (Å²) in [6.07, 6.45) is 1.86. The molecule has 0 spiro atoms. The van der Waals surface area contributed by atoms with Crippen LogP contribution in [0.1, 0.15) is 29.3 Å². The van der Waals surface area contributed by atoms with Crippen LogP contribution in [0.3, 0.4) is 0 Å². The molecule has 158 valence electrons. The van der Waals surface area contributed by atoms with Gasteiger partial charge in [-0.05, 0) is 36.2 Å². The van der Waals surface area contributed by atoms with Crippen LogP contribution in [0.5, 0.6) is 5.75 Å². The van der Waals surface area contributed by atoms with Gasteiger partial charge in [0.2, 0.25) is 0 Å². The van der Waals surface area contributed by atoms with Crippen LogP contribution in [-0.2, 0) is 11.3 Å². The van der Waals surface area contributed by atoms with Crippen molar-refractivity contribution in [3.63, 3.8) is 0 Å². The van der Waals surface area contributed by atoms with Crippen molar-refractivity contribution in [2.24, 2.45) is 0 Å². The van der Waals surface area contributed by atoms with Crippen LogP contribution in [0.25, 0.3) is 0 Å². The van der Waals surface area contributed by atoms with Crippen molar-refractivity contribution in [1.82, 2.24) is 15.2 Å². The van der Waals surface area contributed by atoms with Crippen LogP contribution in [0.2, 0.25) is 0 Å². The first-order valence-corrected chi connectivity index (χ1v) is 10.3. The second kappa shape index (κ2) is 8.71. The molecule has 1 fully saturated rings. The highest BCUT2D eigenvalue weighted by molar-refractivity contribution is 5.97. The number of hydrogen-bond acceptors (Lipinski definition) is 6. The van der Waals surface area contributed by atoms with Gasteiger partial charge in [0.15, 0.2) is 6.10 Å². The quantitative estimate of drug-likeness (QED) is 0.784. The van der Waals surface area contributed by atoms with E-state index in [1.807, 2.05) is 25.1 Å². The highest BCUT2D eigenvalue weighted by Gasteiger charge is 2.26. The number of anilines is 2. The van der Waals surface area contributed by atoms with Gasteiger partial charge in [0, 0.05) is 46.0 Å². The summed E-state index contributed by atoms with van der Waals surface area (Å²) in [5, 5.41) is 5.56. The topological polar surface area (TPSA) is 86.8 Å². The minimum Gasteiger partial charge on any atom is -0.478 e. The molecule has 2 aromatic rings. The van der Waals surface area contributed by atoms with Gasteiger partial charge in [-0.3, -0.25) is 14.5 Å². The lowest BCUT2D eigenvalue weighted by atomic mass is 10.1. The fourth-order valence-corrected chi connectivity index (χ4v) is 3.81. The summed E-state index contributed by atoms with van der Waals surface area (Å²) in [6.45, 7) is 6.32. The SMILES string of the molecule is CCC1Oc2ccc(CN3CCN(c4ccc(C(=O)NC)cn4)CC3)cc2NC1=O. The maximum atomic E-state index is 12.1. The summed E-state index contributed by atoms with van der Waals surface area (Å²) in [4.78, 5) is 32.8. The molecule has 0 saturated carbocycles. The number of amides is 2.